The summed E-state index contributed by atoms with van der Waals surface area (Å²) >= 11 is 5.79. The first kappa shape index (κ1) is 19.5. The van der Waals surface area contributed by atoms with Crippen molar-refractivity contribution in [2.45, 2.75) is 19.8 Å². The number of carbonyl (C=O) groups excluding carboxylic acids is 3. The van der Waals surface area contributed by atoms with Crippen LogP contribution in [0, 0.1) is 0 Å². The Balaban J connectivity index is 1.92. The van der Waals surface area contributed by atoms with E-state index in [1.54, 1.807) is 42.5 Å². The fourth-order valence-corrected chi connectivity index (χ4v) is 2.45. The van der Waals surface area contributed by atoms with Gasteiger partial charge in [-0.1, -0.05) is 23.7 Å². The van der Waals surface area contributed by atoms with Crippen molar-refractivity contribution in [3.8, 4) is 5.75 Å². The molecular formula is C19H19ClN2O4. The molecule has 0 aliphatic rings. The van der Waals surface area contributed by atoms with Gasteiger partial charge in [-0.25, -0.2) is 0 Å². The number of nitrogens with one attached hydrogen (secondary N) is 2. The number of ketones is 1. The summed E-state index contributed by atoms with van der Waals surface area (Å²) < 4.78 is 5.21. The Morgan fingerprint density at radius 2 is 1.58 bits per heavy atom. The first-order valence-electron chi connectivity index (χ1n) is 7.89. The molecule has 7 heteroatoms. The zero-order valence-corrected chi connectivity index (χ0v) is 15.2. The maximum Gasteiger partial charge on any atom is 0.242 e. The summed E-state index contributed by atoms with van der Waals surface area (Å²) in [6.07, 6.45) is 0.0755. The molecule has 2 aromatic rings. The van der Waals surface area contributed by atoms with Gasteiger partial charge in [0, 0.05) is 16.1 Å². The van der Waals surface area contributed by atoms with Crippen LogP contribution in [-0.2, 0) is 22.4 Å². The molecule has 0 saturated heterocycles. The summed E-state index contributed by atoms with van der Waals surface area (Å²) in [4.78, 5) is 35.5. The van der Waals surface area contributed by atoms with E-state index in [2.05, 4.69) is 10.9 Å². The molecule has 136 valence electrons. The Morgan fingerprint density at radius 1 is 0.962 bits per heavy atom. The average Bonchev–Trinajstić information content (AvgIpc) is 2.62. The van der Waals surface area contributed by atoms with Crippen LogP contribution in [0.25, 0.3) is 0 Å². The first-order chi connectivity index (χ1) is 12.4. The molecule has 0 heterocycles. The Labute approximate surface area is 156 Å². The van der Waals surface area contributed by atoms with E-state index in [1.807, 2.05) is 0 Å². The van der Waals surface area contributed by atoms with Gasteiger partial charge in [-0.2, -0.15) is 0 Å². The van der Waals surface area contributed by atoms with Crippen molar-refractivity contribution in [3.63, 3.8) is 0 Å². The van der Waals surface area contributed by atoms with Crippen LogP contribution in [0.15, 0.2) is 42.5 Å². The van der Waals surface area contributed by atoms with Gasteiger partial charge in [-0.05, 0) is 42.8 Å². The topological polar surface area (TPSA) is 84.5 Å². The molecule has 2 N–H and O–H groups in total. The molecule has 0 aliphatic carbocycles. The van der Waals surface area contributed by atoms with Crippen molar-refractivity contribution in [1.29, 1.82) is 0 Å². The lowest BCUT2D eigenvalue weighted by Crippen LogP contribution is -2.43. The number of rotatable bonds is 6. The summed E-state index contributed by atoms with van der Waals surface area (Å²) in [6.45, 7) is 1.45. The monoisotopic (exact) mass is 374 g/mol. The number of hydrogen-bond donors (Lipinski definition) is 2. The van der Waals surface area contributed by atoms with Gasteiger partial charge < -0.3 is 4.74 Å². The van der Waals surface area contributed by atoms with Crippen molar-refractivity contribution in [3.05, 3.63) is 64.2 Å². The van der Waals surface area contributed by atoms with Gasteiger partial charge in [-0.3, -0.25) is 25.2 Å². The molecule has 2 amide bonds. The summed E-state index contributed by atoms with van der Waals surface area (Å²) in [7, 11) is 1.48. The number of halogens is 1. The lowest BCUT2D eigenvalue weighted by molar-refractivity contribution is -0.128. The number of hydrazine groups is 1. The highest BCUT2D eigenvalue weighted by Gasteiger charge is 2.12. The third kappa shape index (κ3) is 5.60. The Morgan fingerprint density at radius 3 is 2.15 bits per heavy atom. The minimum absolute atomic E-state index is 0.0362. The molecule has 2 aromatic carbocycles. The van der Waals surface area contributed by atoms with Crippen LogP contribution in [0.4, 0.5) is 0 Å². The number of Topliss-reactive ketones (excluding diaryl/α,β-unsaturated/α-hetero) is 1. The van der Waals surface area contributed by atoms with Crippen LogP contribution < -0.4 is 15.6 Å². The smallest absolute Gasteiger partial charge is 0.242 e. The zero-order chi connectivity index (χ0) is 19.1. The molecular weight excluding hydrogens is 356 g/mol. The maximum atomic E-state index is 12.1. The maximum absolute atomic E-state index is 12.1. The molecule has 0 fully saturated rings. The quantitative estimate of drug-likeness (QED) is 0.601. The molecule has 0 aromatic heterocycles. The molecule has 0 bridgehead atoms. The van der Waals surface area contributed by atoms with Crippen molar-refractivity contribution >= 4 is 29.2 Å². The molecule has 0 aliphatic heterocycles. The van der Waals surface area contributed by atoms with E-state index >= 15 is 0 Å². The van der Waals surface area contributed by atoms with Crippen LogP contribution in [-0.4, -0.2) is 24.7 Å². The highest BCUT2D eigenvalue weighted by atomic mass is 35.5. The minimum Gasteiger partial charge on any atom is -0.496 e. The molecule has 0 atom stereocenters. The van der Waals surface area contributed by atoms with Crippen LogP contribution in [0.2, 0.25) is 5.02 Å². The van der Waals surface area contributed by atoms with Gasteiger partial charge in [0.2, 0.25) is 11.8 Å². The van der Waals surface area contributed by atoms with E-state index < -0.39 is 5.91 Å². The normalized spacial score (nSPS) is 10.1. The summed E-state index contributed by atoms with van der Waals surface area (Å²) in [5, 5.41) is 0.587. The van der Waals surface area contributed by atoms with Gasteiger partial charge in [0.25, 0.3) is 0 Å². The third-order valence-corrected chi connectivity index (χ3v) is 3.91. The minimum atomic E-state index is -0.423. The highest BCUT2D eigenvalue weighted by molar-refractivity contribution is 6.30. The number of ether oxygens (including phenoxy) is 1. The van der Waals surface area contributed by atoms with Crippen molar-refractivity contribution in [2.24, 2.45) is 0 Å². The van der Waals surface area contributed by atoms with Crippen LogP contribution in [0.5, 0.6) is 5.75 Å². The predicted octanol–water partition coefficient (Wildman–Crippen LogP) is 2.48. The van der Waals surface area contributed by atoms with E-state index in [9.17, 15) is 14.4 Å². The highest BCUT2D eigenvalue weighted by Crippen LogP contribution is 2.20. The van der Waals surface area contributed by atoms with Gasteiger partial charge in [0.05, 0.1) is 20.0 Å². The lowest BCUT2D eigenvalue weighted by Gasteiger charge is -2.11. The van der Waals surface area contributed by atoms with E-state index in [-0.39, 0.29) is 24.5 Å². The second kappa shape index (κ2) is 9.01. The largest absolute Gasteiger partial charge is 0.496 e. The van der Waals surface area contributed by atoms with Gasteiger partial charge in [0.15, 0.2) is 5.78 Å². The van der Waals surface area contributed by atoms with Crippen molar-refractivity contribution in [2.75, 3.05) is 7.11 Å². The number of methoxy groups -OCH3 is 1. The second-order valence-electron chi connectivity index (χ2n) is 5.66. The van der Waals surface area contributed by atoms with Crippen molar-refractivity contribution < 1.29 is 19.1 Å². The fourth-order valence-electron chi connectivity index (χ4n) is 2.32. The molecule has 0 radical (unpaired) electrons. The van der Waals surface area contributed by atoms with Gasteiger partial charge in [0.1, 0.15) is 5.75 Å². The molecule has 2 rings (SSSR count). The summed E-state index contributed by atoms with van der Waals surface area (Å²) in [5.41, 5.74) is 6.54. The summed E-state index contributed by atoms with van der Waals surface area (Å²) in [6, 6.07) is 11.7. The predicted molar refractivity (Wildman–Crippen MR) is 98.1 cm³/mol. The number of benzene rings is 2. The van der Waals surface area contributed by atoms with Crippen LogP contribution in [0.1, 0.15) is 28.4 Å². The summed E-state index contributed by atoms with van der Waals surface area (Å²) in [5.74, 6) is -0.387. The second-order valence-corrected chi connectivity index (χ2v) is 6.10. The lowest BCUT2D eigenvalue weighted by atomic mass is 10.0. The van der Waals surface area contributed by atoms with E-state index in [1.165, 1.54) is 14.0 Å². The fraction of sp³-hybridized carbons (Fsp3) is 0.211. The standard InChI is InChI=1S/C19H19ClN2O4/c1-12(23)14-5-8-17(26-2)15(10-14)11-19(25)22-21-18(24)9-13-3-6-16(20)7-4-13/h3-8,10H,9,11H2,1-2H3,(H,21,24)(H,22,25). The molecule has 0 spiro atoms. The Kier molecular flexibility index (Phi) is 6.74. The first-order valence-corrected chi connectivity index (χ1v) is 8.27. The van der Waals surface area contributed by atoms with Gasteiger partial charge in [-0.15, -0.1) is 0 Å². The number of hydrogen-bond acceptors (Lipinski definition) is 4. The van der Waals surface area contributed by atoms with Crippen molar-refractivity contribution in [1.82, 2.24) is 10.9 Å². The molecule has 26 heavy (non-hydrogen) atoms. The van der Waals surface area contributed by atoms with E-state index in [4.69, 9.17) is 16.3 Å². The third-order valence-electron chi connectivity index (χ3n) is 3.66. The SMILES string of the molecule is COc1ccc(C(C)=O)cc1CC(=O)NNC(=O)Cc1ccc(Cl)cc1. The van der Waals surface area contributed by atoms with E-state index in [0.717, 1.165) is 5.56 Å². The molecule has 0 unspecified atom stereocenters. The molecule has 6 nitrogen and oxygen atoms in total. The Hall–Kier alpha value is -2.86. The Bertz CT molecular complexity index is 819. The van der Waals surface area contributed by atoms with Gasteiger partial charge >= 0.3 is 0 Å². The molecule has 0 saturated carbocycles. The zero-order valence-electron chi connectivity index (χ0n) is 14.5. The van der Waals surface area contributed by atoms with Crippen LogP contribution in [0.3, 0.4) is 0 Å². The van der Waals surface area contributed by atoms with E-state index in [0.29, 0.717) is 21.9 Å². The number of carbonyl (C=O) groups is 3. The van der Waals surface area contributed by atoms with Crippen LogP contribution >= 0.6 is 11.6 Å². The number of amides is 2. The average molecular weight is 375 g/mol.